The van der Waals surface area contributed by atoms with E-state index in [4.69, 9.17) is 12.6 Å². The number of piperazine rings is 1. The Kier molecular flexibility index (Phi) is 7.82. The van der Waals surface area contributed by atoms with Crippen molar-refractivity contribution in [3.05, 3.63) is 107 Å². The van der Waals surface area contributed by atoms with Gasteiger partial charge >= 0.3 is 0 Å². The van der Waals surface area contributed by atoms with Gasteiger partial charge in [-0.15, -0.1) is 0 Å². The molecule has 3 heterocycles. The van der Waals surface area contributed by atoms with Gasteiger partial charge in [0.1, 0.15) is 0 Å². The normalized spacial score (nSPS) is 26.2. The summed E-state index contributed by atoms with van der Waals surface area (Å²) in [5.74, 6) is -0.382. The van der Waals surface area contributed by atoms with Gasteiger partial charge in [-0.3, -0.25) is 29.6 Å². The second-order valence-corrected chi connectivity index (χ2v) is 12.0. The molecule has 4 unspecified atom stereocenters. The minimum Gasteiger partial charge on any atom is -0.295 e. The largest absolute Gasteiger partial charge is 0.295 e. The van der Waals surface area contributed by atoms with Gasteiger partial charge in [-0.05, 0) is 48.1 Å². The van der Waals surface area contributed by atoms with Crippen LogP contribution in [0.25, 0.3) is 0 Å². The van der Waals surface area contributed by atoms with E-state index in [1.54, 1.807) is 0 Å². The van der Waals surface area contributed by atoms with Crippen LogP contribution in [0.2, 0.25) is 0 Å². The molecule has 3 aliphatic rings. The Labute approximate surface area is 242 Å². The number of nitrogens with one attached hydrogen (secondary N) is 1. The van der Waals surface area contributed by atoms with E-state index in [0.29, 0.717) is 31.5 Å². The highest BCUT2D eigenvalue weighted by molar-refractivity contribution is 7.80. The molecule has 0 saturated carbocycles. The first kappa shape index (κ1) is 27.2. The number of hydrogen-bond acceptors (Lipinski definition) is 6. The smallest absolute Gasteiger partial charge is 0.243 e. The Hall–Kier alpha value is -2.97. The molecular weight excluding hydrogens is 516 g/mol. The molecule has 0 radical (unpaired) electrons. The van der Waals surface area contributed by atoms with Crippen molar-refractivity contribution in [3.63, 3.8) is 0 Å². The number of carbonyl (C=O) groups excluding carboxylic acids is 2. The van der Waals surface area contributed by atoms with Gasteiger partial charge in [0.25, 0.3) is 0 Å². The predicted octanol–water partition coefficient (Wildman–Crippen LogP) is 4.92. The van der Waals surface area contributed by atoms with E-state index in [0.717, 1.165) is 19.6 Å². The number of carbonyl (C=O) groups is 2. The summed E-state index contributed by atoms with van der Waals surface area (Å²) in [5, 5.41) is 2.37. The third kappa shape index (κ3) is 5.23. The van der Waals surface area contributed by atoms with Crippen LogP contribution in [0, 0.1) is 0 Å². The van der Waals surface area contributed by atoms with Gasteiger partial charge in [0, 0.05) is 44.7 Å². The lowest BCUT2D eigenvalue weighted by atomic mass is 9.94. The number of rotatable bonds is 6. The number of piperidine rings is 1. The minimum absolute atomic E-state index is 0.150. The molecule has 0 aliphatic carbocycles. The zero-order valence-electron chi connectivity index (χ0n) is 23.2. The zero-order valence-corrected chi connectivity index (χ0v) is 24.1. The fraction of sp³-hybridized carbons (Fsp3) is 0.394. The second-order valence-electron chi connectivity index (χ2n) is 11.5. The number of nitrogens with zero attached hydrogens (tertiary/aromatic N) is 3. The molecule has 2 saturated heterocycles. The first-order valence-electron chi connectivity index (χ1n) is 14.4. The van der Waals surface area contributed by atoms with Crippen molar-refractivity contribution >= 4 is 24.4 Å². The van der Waals surface area contributed by atoms with E-state index >= 15 is 0 Å². The number of hydrogen-bond donors (Lipinski definition) is 2. The fourth-order valence-corrected chi connectivity index (χ4v) is 7.45. The van der Waals surface area contributed by atoms with E-state index in [1.165, 1.54) is 27.8 Å². The van der Waals surface area contributed by atoms with Crippen molar-refractivity contribution in [2.45, 2.75) is 69.3 Å². The molecule has 3 aliphatic heterocycles. The Bertz CT molecular complexity index is 1320. The molecule has 6 nitrogen and oxygen atoms in total. The van der Waals surface area contributed by atoms with Crippen molar-refractivity contribution in [2.24, 2.45) is 0 Å². The third-order valence-corrected chi connectivity index (χ3v) is 9.51. The van der Waals surface area contributed by atoms with Gasteiger partial charge in [0.2, 0.25) is 11.8 Å². The van der Waals surface area contributed by atoms with Crippen LogP contribution in [0.1, 0.15) is 65.9 Å². The quantitative estimate of drug-likeness (QED) is 0.335. The minimum atomic E-state index is -0.324. The zero-order chi connectivity index (χ0) is 27.8. The molecule has 7 heteroatoms. The summed E-state index contributed by atoms with van der Waals surface area (Å²) < 4.78 is 0. The number of amides is 2. The Balaban J connectivity index is 1.21. The van der Waals surface area contributed by atoms with Crippen molar-refractivity contribution < 1.29 is 9.59 Å². The lowest BCUT2D eigenvalue weighted by Gasteiger charge is -2.47. The molecule has 3 aromatic rings. The summed E-state index contributed by atoms with van der Waals surface area (Å²) in [6.45, 7) is 8.19. The average Bonchev–Trinajstić information content (AvgIpc) is 3.29. The van der Waals surface area contributed by atoms with Crippen LogP contribution in [0.4, 0.5) is 0 Å². The highest BCUT2D eigenvalue weighted by atomic mass is 32.1. The number of benzene rings is 3. The molecule has 2 fully saturated rings. The van der Waals surface area contributed by atoms with E-state index < -0.39 is 0 Å². The van der Waals surface area contributed by atoms with Gasteiger partial charge in [-0.2, -0.15) is 12.6 Å². The molecule has 4 atom stereocenters. The van der Waals surface area contributed by atoms with Crippen molar-refractivity contribution in [1.82, 2.24) is 20.0 Å². The van der Waals surface area contributed by atoms with Gasteiger partial charge in [-0.1, -0.05) is 78.9 Å². The maximum atomic E-state index is 12.6. The number of fused-ring (bicyclic) bond motifs is 1. The number of thiol groups is 1. The van der Waals surface area contributed by atoms with Gasteiger partial charge in [0.15, 0.2) is 0 Å². The Morgan fingerprint density at radius 2 is 1.50 bits per heavy atom. The van der Waals surface area contributed by atoms with E-state index in [2.05, 4.69) is 113 Å². The van der Waals surface area contributed by atoms with E-state index in [9.17, 15) is 9.59 Å². The summed E-state index contributed by atoms with van der Waals surface area (Å²) >= 11 is 4.93. The molecule has 3 aromatic carbocycles. The summed E-state index contributed by atoms with van der Waals surface area (Å²) in [6.07, 6.45) is 0.925. The maximum Gasteiger partial charge on any atom is 0.243 e. The monoisotopic (exact) mass is 554 g/mol. The molecule has 2 amide bonds. The molecule has 208 valence electrons. The first-order chi connectivity index (χ1) is 19.4. The van der Waals surface area contributed by atoms with Crippen LogP contribution in [0.3, 0.4) is 0 Å². The molecule has 6 rings (SSSR count). The van der Waals surface area contributed by atoms with Crippen molar-refractivity contribution in [2.75, 3.05) is 13.1 Å². The summed E-state index contributed by atoms with van der Waals surface area (Å²) in [7, 11) is 0. The Morgan fingerprint density at radius 1 is 0.875 bits per heavy atom. The highest BCUT2D eigenvalue weighted by Gasteiger charge is 2.40. The SMILES string of the molecule is CC1CN(C(c2ccccc2)c2ccccc2)CC(C)N1Cc1cccc2c1CN(C1CCC(=O)NC1=O)C2S. The van der Waals surface area contributed by atoms with Crippen molar-refractivity contribution in [3.8, 4) is 0 Å². The van der Waals surface area contributed by atoms with Crippen LogP contribution >= 0.6 is 12.6 Å². The summed E-state index contributed by atoms with van der Waals surface area (Å²) in [6, 6.07) is 28.8. The standard InChI is InChI=1S/C33H38N4O2S/c1-22-18-35(31(24-10-5-3-6-11-24)25-12-7-4-8-13-25)19-23(2)36(22)20-26-14-9-15-27-28(26)21-37(33(27)40)29-16-17-30(38)34-32(29)39/h3-15,22-23,29,31,33,40H,16-21H2,1-2H3,(H,34,38,39). The van der Waals surface area contributed by atoms with Gasteiger partial charge in [0.05, 0.1) is 17.5 Å². The van der Waals surface area contributed by atoms with Crippen LogP contribution in [-0.4, -0.2) is 57.7 Å². The number of imide groups is 1. The molecule has 0 aromatic heterocycles. The highest BCUT2D eigenvalue weighted by Crippen LogP contribution is 2.41. The van der Waals surface area contributed by atoms with Crippen LogP contribution < -0.4 is 5.32 Å². The first-order valence-corrected chi connectivity index (χ1v) is 14.9. The molecule has 0 spiro atoms. The van der Waals surface area contributed by atoms with Crippen molar-refractivity contribution in [1.29, 1.82) is 0 Å². The van der Waals surface area contributed by atoms with E-state index in [1.807, 2.05) is 0 Å². The summed E-state index contributed by atoms with van der Waals surface area (Å²) in [4.78, 5) is 31.8. The summed E-state index contributed by atoms with van der Waals surface area (Å²) in [5.41, 5.74) is 6.42. The average molecular weight is 555 g/mol. The predicted molar refractivity (Wildman–Crippen MR) is 161 cm³/mol. The van der Waals surface area contributed by atoms with Crippen LogP contribution in [0.5, 0.6) is 0 Å². The molecule has 1 N–H and O–H groups in total. The maximum absolute atomic E-state index is 12.6. The van der Waals surface area contributed by atoms with Crippen LogP contribution in [-0.2, 0) is 22.7 Å². The lowest BCUT2D eigenvalue weighted by Crippen LogP contribution is -2.57. The van der Waals surface area contributed by atoms with E-state index in [-0.39, 0.29) is 29.3 Å². The third-order valence-electron chi connectivity index (χ3n) is 8.93. The lowest BCUT2D eigenvalue weighted by molar-refractivity contribution is -0.137. The second kappa shape index (κ2) is 11.5. The molecule has 40 heavy (non-hydrogen) atoms. The topological polar surface area (TPSA) is 55.9 Å². The Morgan fingerprint density at radius 3 is 2.10 bits per heavy atom. The fourth-order valence-electron chi connectivity index (χ4n) is 6.97. The molecule has 0 bridgehead atoms. The van der Waals surface area contributed by atoms with Gasteiger partial charge < -0.3 is 0 Å². The van der Waals surface area contributed by atoms with Gasteiger partial charge in [-0.25, -0.2) is 0 Å². The van der Waals surface area contributed by atoms with Crippen LogP contribution in [0.15, 0.2) is 78.9 Å². The molecular formula is C33H38N4O2S.